The molecule has 1 heterocycles. The van der Waals surface area contributed by atoms with Gasteiger partial charge in [0.25, 0.3) is 0 Å². The molecule has 6 heteroatoms. The van der Waals surface area contributed by atoms with Crippen LogP contribution in [0.3, 0.4) is 0 Å². The molecule has 1 aromatic rings. The van der Waals surface area contributed by atoms with Crippen molar-refractivity contribution in [2.45, 2.75) is 36.8 Å². The molecular weight excluding hydrogens is 276 g/mol. The fraction of sp³-hybridized carbons (Fsp3) is 0.571. The summed E-state index contributed by atoms with van der Waals surface area (Å²) < 4.78 is 32.3. The Morgan fingerprint density at radius 3 is 2.65 bits per heavy atom. The van der Waals surface area contributed by atoms with Gasteiger partial charge >= 0.3 is 0 Å². The Bertz CT molecular complexity index is 508. The molecule has 0 saturated carbocycles. The zero-order valence-electron chi connectivity index (χ0n) is 11.8. The lowest BCUT2D eigenvalue weighted by molar-refractivity contribution is 0.105. The first kappa shape index (κ1) is 15.4. The van der Waals surface area contributed by atoms with Gasteiger partial charge in [0.1, 0.15) is 0 Å². The maximum absolute atomic E-state index is 12.1. The number of benzene rings is 1. The van der Waals surface area contributed by atoms with Gasteiger partial charge in [-0.15, -0.1) is 0 Å². The SMILES string of the molecule is CNCc1ccc(S(=O)(=O)NCCC2CCCO2)cc1. The molecule has 0 bridgehead atoms. The molecule has 112 valence electrons. The Kier molecular flexibility index (Phi) is 5.54. The minimum absolute atomic E-state index is 0.204. The van der Waals surface area contributed by atoms with Gasteiger partial charge in [-0.05, 0) is 44.0 Å². The van der Waals surface area contributed by atoms with E-state index in [-0.39, 0.29) is 6.10 Å². The normalized spacial score (nSPS) is 19.4. The molecule has 2 rings (SSSR count). The molecule has 0 aliphatic carbocycles. The van der Waals surface area contributed by atoms with E-state index in [1.807, 2.05) is 19.2 Å². The van der Waals surface area contributed by atoms with E-state index < -0.39 is 10.0 Å². The molecule has 1 aliphatic rings. The van der Waals surface area contributed by atoms with Crippen LogP contribution in [-0.4, -0.2) is 34.7 Å². The summed E-state index contributed by atoms with van der Waals surface area (Å²) in [6.07, 6.45) is 3.04. The molecule has 5 nitrogen and oxygen atoms in total. The molecule has 20 heavy (non-hydrogen) atoms. The van der Waals surface area contributed by atoms with Crippen molar-refractivity contribution in [2.24, 2.45) is 0 Å². The molecule has 1 aromatic carbocycles. The van der Waals surface area contributed by atoms with Crippen LogP contribution in [0.15, 0.2) is 29.2 Å². The standard InChI is InChI=1S/C14H22N2O3S/c1-15-11-12-4-6-14(7-5-12)20(17,18)16-9-8-13-3-2-10-19-13/h4-7,13,15-16H,2-3,8-11H2,1H3. The average molecular weight is 298 g/mol. The minimum atomic E-state index is -3.41. The van der Waals surface area contributed by atoms with Crippen molar-refractivity contribution in [3.8, 4) is 0 Å². The summed E-state index contributed by atoms with van der Waals surface area (Å²) in [6.45, 7) is 1.95. The predicted molar refractivity (Wildman–Crippen MR) is 78.0 cm³/mol. The first-order valence-electron chi connectivity index (χ1n) is 6.96. The van der Waals surface area contributed by atoms with Gasteiger partial charge in [0.05, 0.1) is 11.0 Å². The molecule has 1 saturated heterocycles. The maximum Gasteiger partial charge on any atom is 0.240 e. The van der Waals surface area contributed by atoms with Crippen LogP contribution in [-0.2, 0) is 21.3 Å². The van der Waals surface area contributed by atoms with Crippen LogP contribution in [0, 0.1) is 0 Å². The number of hydrogen-bond donors (Lipinski definition) is 2. The second-order valence-corrected chi connectivity index (χ2v) is 6.76. The lowest BCUT2D eigenvalue weighted by Gasteiger charge is -2.11. The summed E-state index contributed by atoms with van der Waals surface area (Å²) in [5, 5.41) is 3.03. The lowest BCUT2D eigenvalue weighted by Crippen LogP contribution is -2.27. The summed E-state index contributed by atoms with van der Waals surface area (Å²) in [7, 11) is -1.55. The monoisotopic (exact) mass is 298 g/mol. The molecule has 0 aromatic heterocycles. The third-order valence-corrected chi connectivity index (χ3v) is 4.87. The van der Waals surface area contributed by atoms with Gasteiger partial charge in [-0.2, -0.15) is 0 Å². The van der Waals surface area contributed by atoms with Crippen LogP contribution in [0.5, 0.6) is 0 Å². The van der Waals surface area contributed by atoms with Gasteiger partial charge in [-0.3, -0.25) is 0 Å². The third kappa shape index (κ3) is 4.28. The predicted octanol–water partition coefficient (Wildman–Crippen LogP) is 1.25. The van der Waals surface area contributed by atoms with Gasteiger partial charge in [-0.25, -0.2) is 13.1 Å². The van der Waals surface area contributed by atoms with E-state index in [0.29, 0.717) is 11.4 Å². The van der Waals surface area contributed by atoms with Gasteiger partial charge < -0.3 is 10.1 Å². The summed E-state index contributed by atoms with van der Waals surface area (Å²) >= 11 is 0. The number of rotatable bonds is 7. The molecule has 1 unspecified atom stereocenters. The number of sulfonamides is 1. The van der Waals surface area contributed by atoms with Crippen molar-refractivity contribution >= 4 is 10.0 Å². The van der Waals surface area contributed by atoms with Crippen molar-refractivity contribution in [1.82, 2.24) is 10.0 Å². The Hall–Kier alpha value is -0.950. The Balaban J connectivity index is 1.88. The maximum atomic E-state index is 12.1. The van der Waals surface area contributed by atoms with Crippen LogP contribution >= 0.6 is 0 Å². The summed E-state index contributed by atoms with van der Waals surface area (Å²) in [4.78, 5) is 0.310. The Morgan fingerprint density at radius 2 is 2.05 bits per heavy atom. The highest BCUT2D eigenvalue weighted by Crippen LogP contribution is 2.15. The van der Waals surface area contributed by atoms with E-state index in [2.05, 4.69) is 10.0 Å². The smallest absolute Gasteiger partial charge is 0.240 e. The lowest BCUT2D eigenvalue weighted by atomic mass is 10.2. The molecule has 1 aliphatic heterocycles. The van der Waals surface area contributed by atoms with Crippen molar-refractivity contribution in [1.29, 1.82) is 0 Å². The van der Waals surface area contributed by atoms with E-state index in [1.165, 1.54) is 0 Å². The van der Waals surface area contributed by atoms with E-state index in [4.69, 9.17) is 4.74 Å². The van der Waals surface area contributed by atoms with Crippen molar-refractivity contribution in [2.75, 3.05) is 20.2 Å². The molecule has 0 amide bonds. The van der Waals surface area contributed by atoms with Crippen molar-refractivity contribution in [3.05, 3.63) is 29.8 Å². The van der Waals surface area contributed by atoms with Crippen LogP contribution in [0.1, 0.15) is 24.8 Å². The third-order valence-electron chi connectivity index (χ3n) is 3.40. The van der Waals surface area contributed by atoms with Crippen molar-refractivity contribution < 1.29 is 13.2 Å². The molecule has 2 N–H and O–H groups in total. The summed E-state index contributed by atoms with van der Waals surface area (Å²) in [6, 6.07) is 6.93. The molecule has 1 atom stereocenters. The first-order valence-corrected chi connectivity index (χ1v) is 8.45. The highest BCUT2D eigenvalue weighted by Gasteiger charge is 2.17. The average Bonchev–Trinajstić information content (AvgIpc) is 2.93. The van der Waals surface area contributed by atoms with E-state index in [1.54, 1.807) is 12.1 Å². The molecule has 1 fully saturated rings. The largest absolute Gasteiger partial charge is 0.378 e. The minimum Gasteiger partial charge on any atom is -0.378 e. The van der Waals surface area contributed by atoms with Crippen LogP contribution in [0.2, 0.25) is 0 Å². The Labute approximate surface area is 120 Å². The Morgan fingerprint density at radius 1 is 1.30 bits per heavy atom. The quantitative estimate of drug-likeness (QED) is 0.795. The van der Waals surface area contributed by atoms with Gasteiger partial charge in [-0.1, -0.05) is 12.1 Å². The van der Waals surface area contributed by atoms with Gasteiger partial charge in [0.15, 0.2) is 0 Å². The van der Waals surface area contributed by atoms with Crippen LogP contribution in [0.4, 0.5) is 0 Å². The second kappa shape index (κ2) is 7.17. The van der Waals surface area contributed by atoms with Gasteiger partial charge in [0, 0.05) is 19.7 Å². The second-order valence-electron chi connectivity index (χ2n) is 5.00. The van der Waals surface area contributed by atoms with E-state index in [0.717, 1.165) is 38.0 Å². The molecule has 0 spiro atoms. The zero-order chi connectivity index (χ0) is 14.4. The number of nitrogens with one attached hydrogen (secondary N) is 2. The summed E-state index contributed by atoms with van der Waals surface area (Å²) in [5.74, 6) is 0. The summed E-state index contributed by atoms with van der Waals surface area (Å²) in [5.41, 5.74) is 1.06. The fourth-order valence-electron chi connectivity index (χ4n) is 2.30. The van der Waals surface area contributed by atoms with Gasteiger partial charge in [0.2, 0.25) is 10.0 Å². The van der Waals surface area contributed by atoms with Crippen molar-refractivity contribution in [3.63, 3.8) is 0 Å². The zero-order valence-corrected chi connectivity index (χ0v) is 12.6. The van der Waals surface area contributed by atoms with Crippen LogP contribution < -0.4 is 10.0 Å². The topological polar surface area (TPSA) is 67.4 Å². The number of hydrogen-bond acceptors (Lipinski definition) is 4. The fourth-order valence-corrected chi connectivity index (χ4v) is 3.35. The van der Waals surface area contributed by atoms with Crippen LogP contribution in [0.25, 0.3) is 0 Å². The highest BCUT2D eigenvalue weighted by atomic mass is 32.2. The van der Waals surface area contributed by atoms with E-state index >= 15 is 0 Å². The highest BCUT2D eigenvalue weighted by molar-refractivity contribution is 7.89. The number of ether oxygens (including phenoxy) is 1. The first-order chi connectivity index (χ1) is 9.62. The molecular formula is C14H22N2O3S. The molecule has 0 radical (unpaired) electrons. The van der Waals surface area contributed by atoms with E-state index in [9.17, 15) is 8.42 Å².